The monoisotopic (exact) mass is 341 g/mol. The van der Waals surface area contributed by atoms with Gasteiger partial charge in [-0.25, -0.2) is 8.42 Å². The first-order valence-electron chi connectivity index (χ1n) is 6.85. The van der Waals surface area contributed by atoms with Crippen molar-refractivity contribution in [2.45, 2.75) is 17.7 Å². The maximum Gasteiger partial charge on any atom is 0.243 e. The molecule has 22 heavy (non-hydrogen) atoms. The molecule has 0 bridgehead atoms. The average molecular weight is 342 g/mol. The number of carbonyl (C=O) groups is 1. The van der Waals surface area contributed by atoms with Gasteiger partial charge in [-0.05, 0) is 37.1 Å². The molecule has 1 aromatic carbocycles. The largest absolute Gasteiger partial charge is 0.343 e. The summed E-state index contributed by atoms with van der Waals surface area (Å²) in [6.07, 6.45) is 0.897. The Morgan fingerprint density at radius 3 is 2.45 bits per heavy atom. The molecule has 0 unspecified atom stereocenters. The number of benzene rings is 1. The third-order valence-electron chi connectivity index (χ3n) is 3.62. The Labute approximate surface area is 134 Å². The number of piperidine rings is 1. The number of rotatable bonds is 4. The van der Waals surface area contributed by atoms with Crippen LogP contribution in [0.2, 0.25) is 5.02 Å². The quantitative estimate of drug-likeness (QED) is 0.838. The highest BCUT2D eigenvalue weighted by molar-refractivity contribution is 7.89. The summed E-state index contributed by atoms with van der Waals surface area (Å²) in [5.41, 5.74) is 0. The molecule has 8 heteroatoms. The number of nitrogens with one attached hydrogen (secondary N) is 1. The van der Waals surface area contributed by atoms with Gasteiger partial charge >= 0.3 is 0 Å². The Morgan fingerprint density at radius 2 is 1.91 bits per heavy atom. The lowest BCUT2D eigenvalue weighted by Gasteiger charge is -2.30. The molecular formula is C14H16ClN3O3S. The fourth-order valence-electron chi connectivity index (χ4n) is 2.38. The Hall–Kier alpha value is -1.62. The van der Waals surface area contributed by atoms with Gasteiger partial charge < -0.3 is 5.32 Å². The van der Waals surface area contributed by atoms with Crippen LogP contribution < -0.4 is 5.32 Å². The van der Waals surface area contributed by atoms with Crippen LogP contribution in [-0.2, 0) is 14.8 Å². The molecule has 1 amide bonds. The Bertz CT molecular complexity index is 674. The van der Waals surface area contributed by atoms with Gasteiger partial charge in [-0.1, -0.05) is 11.6 Å². The van der Waals surface area contributed by atoms with Crippen LogP contribution in [0, 0.1) is 17.2 Å². The summed E-state index contributed by atoms with van der Waals surface area (Å²) in [7, 11) is -3.55. The smallest absolute Gasteiger partial charge is 0.243 e. The maximum atomic E-state index is 12.5. The van der Waals surface area contributed by atoms with Gasteiger partial charge in [0.05, 0.1) is 11.0 Å². The first-order valence-corrected chi connectivity index (χ1v) is 8.67. The van der Waals surface area contributed by atoms with E-state index in [4.69, 9.17) is 16.9 Å². The van der Waals surface area contributed by atoms with Gasteiger partial charge in [0.25, 0.3) is 0 Å². The molecule has 1 N–H and O–H groups in total. The highest BCUT2D eigenvalue weighted by Gasteiger charge is 2.31. The van der Waals surface area contributed by atoms with Gasteiger partial charge in [0, 0.05) is 24.0 Å². The van der Waals surface area contributed by atoms with E-state index in [0.29, 0.717) is 17.9 Å². The van der Waals surface area contributed by atoms with E-state index in [0.717, 1.165) is 0 Å². The topological polar surface area (TPSA) is 90.3 Å². The molecule has 1 aromatic rings. The Balaban J connectivity index is 2.00. The van der Waals surface area contributed by atoms with Crippen LogP contribution in [0.3, 0.4) is 0 Å². The first-order chi connectivity index (χ1) is 10.4. The molecule has 118 valence electrons. The van der Waals surface area contributed by atoms with Gasteiger partial charge in [-0.3, -0.25) is 4.79 Å². The second kappa shape index (κ2) is 7.09. The molecule has 2 rings (SSSR count). The fraction of sp³-hybridized carbons (Fsp3) is 0.429. The highest BCUT2D eigenvalue weighted by atomic mass is 35.5. The van der Waals surface area contributed by atoms with E-state index < -0.39 is 10.0 Å². The minimum Gasteiger partial charge on any atom is -0.343 e. The van der Waals surface area contributed by atoms with Crippen molar-refractivity contribution >= 4 is 27.5 Å². The summed E-state index contributed by atoms with van der Waals surface area (Å²) in [4.78, 5) is 12.0. The van der Waals surface area contributed by atoms with Crippen LogP contribution in [0.15, 0.2) is 29.2 Å². The number of carbonyl (C=O) groups excluding carboxylic acids is 1. The summed E-state index contributed by atoms with van der Waals surface area (Å²) in [6.45, 7) is 0.549. The predicted molar refractivity (Wildman–Crippen MR) is 81.6 cm³/mol. The van der Waals surface area contributed by atoms with Crippen LogP contribution in [0.4, 0.5) is 0 Å². The number of hydrogen-bond acceptors (Lipinski definition) is 4. The molecule has 6 nitrogen and oxygen atoms in total. The normalized spacial score (nSPS) is 16.9. The van der Waals surface area contributed by atoms with Crippen molar-refractivity contribution in [1.29, 1.82) is 5.26 Å². The van der Waals surface area contributed by atoms with E-state index in [1.54, 1.807) is 0 Å². The number of hydrogen-bond donors (Lipinski definition) is 1. The zero-order valence-electron chi connectivity index (χ0n) is 11.8. The summed E-state index contributed by atoms with van der Waals surface area (Å²) in [5.74, 6) is -0.435. The van der Waals surface area contributed by atoms with Crippen LogP contribution in [0.5, 0.6) is 0 Å². The zero-order valence-corrected chi connectivity index (χ0v) is 13.4. The number of amides is 1. The van der Waals surface area contributed by atoms with Crippen LogP contribution in [0.1, 0.15) is 12.8 Å². The minimum atomic E-state index is -3.55. The van der Waals surface area contributed by atoms with Gasteiger partial charge in [-0.15, -0.1) is 0 Å². The molecule has 1 heterocycles. The van der Waals surface area contributed by atoms with Crippen molar-refractivity contribution in [2.24, 2.45) is 5.92 Å². The van der Waals surface area contributed by atoms with Crippen molar-refractivity contribution in [1.82, 2.24) is 9.62 Å². The van der Waals surface area contributed by atoms with Crippen molar-refractivity contribution in [3.63, 3.8) is 0 Å². The lowest BCUT2D eigenvalue weighted by Crippen LogP contribution is -2.43. The number of nitriles is 1. The van der Waals surface area contributed by atoms with Crippen LogP contribution >= 0.6 is 11.6 Å². The summed E-state index contributed by atoms with van der Waals surface area (Å²) >= 11 is 5.77. The molecule has 0 radical (unpaired) electrons. The standard InChI is InChI=1S/C14H16ClN3O3S/c15-12-1-3-13(4-2-12)22(20,21)18-9-5-11(6-10-18)14(19)17-8-7-16/h1-4,11H,5-6,8-10H2,(H,17,19). The summed E-state index contributed by atoms with van der Waals surface area (Å²) in [5, 5.41) is 11.4. The summed E-state index contributed by atoms with van der Waals surface area (Å²) < 4.78 is 26.4. The molecule has 1 aliphatic rings. The van der Waals surface area contributed by atoms with Crippen molar-refractivity contribution < 1.29 is 13.2 Å². The van der Waals surface area contributed by atoms with E-state index in [1.165, 1.54) is 28.6 Å². The SMILES string of the molecule is N#CCNC(=O)C1CCN(S(=O)(=O)c2ccc(Cl)cc2)CC1. The maximum absolute atomic E-state index is 12.5. The number of sulfonamides is 1. The van der Waals surface area contributed by atoms with E-state index in [-0.39, 0.29) is 36.4 Å². The van der Waals surface area contributed by atoms with Crippen molar-refractivity contribution in [2.75, 3.05) is 19.6 Å². The van der Waals surface area contributed by atoms with E-state index in [1.807, 2.05) is 6.07 Å². The predicted octanol–water partition coefficient (Wildman–Crippen LogP) is 1.38. The van der Waals surface area contributed by atoms with Crippen molar-refractivity contribution in [3.8, 4) is 6.07 Å². The minimum absolute atomic E-state index is 0.0257. The van der Waals surface area contributed by atoms with Crippen LogP contribution in [-0.4, -0.2) is 38.3 Å². The third kappa shape index (κ3) is 3.77. The van der Waals surface area contributed by atoms with Gasteiger partial charge in [-0.2, -0.15) is 9.57 Å². The van der Waals surface area contributed by atoms with Crippen LogP contribution in [0.25, 0.3) is 0 Å². The highest BCUT2D eigenvalue weighted by Crippen LogP contribution is 2.24. The molecule has 0 saturated carbocycles. The van der Waals surface area contributed by atoms with Crippen molar-refractivity contribution in [3.05, 3.63) is 29.3 Å². The Kier molecular flexibility index (Phi) is 5.40. The van der Waals surface area contributed by atoms with E-state index in [9.17, 15) is 13.2 Å². The lowest BCUT2D eigenvalue weighted by atomic mass is 9.97. The lowest BCUT2D eigenvalue weighted by molar-refractivity contribution is -0.125. The molecule has 0 aliphatic carbocycles. The van der Waals surface area contributed by atoms with Gasteiger partial charge in [0.1, 0.15) is 6.54 Å². The first kappa shape index (κ1) is 16.7. The Morgan fingerprint density at radius 1 is 1.32 bits per heavy atom. The molecule has 0 spiro atoms. The average Bonchev–Trinajstić information content (AvgIpc) is 2.53. The van der Waals surface area contributed by atoms with E-state index >= 15 is 0 Å². The summed E-state index contributed by atoms with van der Waals surface area (Å²) in [6, 6.07) is 7.88. The molecule has 1 saturated heterocycles. The molecule has 1 aliphatic heterocycles. The van der Waals surface area contributed by atoms with Gasteiger partial charge in [0.2, 0.25) is 15.9 Å². The fourth-order valence-corrected chi connectivity index (χ4v) is 3.98. The molecule has 1 fully saturated rings. The molecule has 0 aromatic heterocycles. The van der Waals surface area contributed by atoms with Gasteiger partial charge in [0.15, 0.2) is 0 Å². The third-order valence-corrected chi connectivity index (χ3v) is 5.78. The second-order valence-corrected chi connectivity index (χ2v) is 7.38. The molecular weight excluding hydrogens is 326 g/mol. The number of nitrogens with zero attached hydrogens (tertiary/aromatic N) is 2. The molecule has 0 atom stereocenters. The van der Waals surface area contributed by atoms with E-state index in [2.05, 4.69) is 5.32 Å². The zero-order chi connectivity index (χ0) is 16.2. The second-order valence-electron chi connectivity index (χ2n) is 5.01. The number of halogens is 1.